The van der Waals surface area contributed by atoms with Crippen LogP contribution < -0.4 is 5.73 Å². The molecule has 1 aromatic rings. The van der Waals surface area contributed by atoms with Gasteiger partial charge in [-0.3, -0.25) is 0 Å². The van der Waals surface area contributed by atoms with E-state index in [1.54, 1.807) is 7.11 Å². The largest absolute Gasteiger partial charge is 0.383 e. The molecule has 1 atom stereocenters. The molecule has 0 fully saturated rings. The Morgan fingerprint density at radius 1 is 1.62 bits per heavy atom. The molecule has 0 bridgehead atoms. The fourth-order valence-electron chi connectivity index (χ4n) is 1.08. The molecule has 1 rings (SSSR count). The summed E-state index contributed by atoms with van der Waals surface area (Å²) in [4.78, 5) is 0. The van der Waals surface area contributed by atoms with Gasteiger partial charge in [-0.1, -0.05) is 23.7 Å². The first-order chi connectivity index (χ1) is 6.16. The zero-order valence-electron chi connectivity index (χ0n) is 7.26. The standard InChI is InChI=1S/C9H11BrClNO/c1-13-5-8(12)6-3-2-4-7(11)9(6)10/h2-4,8H,5,12H2,1H3/t8-/m0/s1. The third kappa shape index (κ3) is 2.68. The van der Waals surface area contributed by atoms with E-state index in [0.29, 0.717) is 11.6 Å². The molecular weight excluding hydrogens is 253 g/mol. The number of hydrogen-bond donors (Lipinski definition) is 1. The Kier molecular flexibility index (Phi) is 4.19. The molecule has 0 aliphatic rings. The molecule has 1 aromatic carbocycles. The first-order valence-electron chi connectivity index (χ1n) is 3.85. The summed E-state index contributed by atoms with van der Waals surface area (Å²) in [7, 11) is 1.62. The van der Waals surface area contributed by atoms with Gasteiger partial charge in [-0.15, -0.1) is 0 Å². The number of nitrogens with two attached hydrogens (primary N) is 1. The van der Waals surface area contributed by atoms with Crippen LogP contribution >= 0.6 is 27.5 Å². The van der Waals surface area contributed by atoms with Crippen molar-refractivity contribution in [2.45, 2.75) is 6.04 Å². The Hall–Kier alpha value is -0.0900. The van der Waals surface area contributed by atoms with Gasteiger partial charge in [-0.05, 0) is 27.6 Å². The summed E-state index contributed by atoms with van der Waals surface area (Å²) in [6, 6.07) is 5.48. The molecule has 72 valence electrons. The van der Waals surface area contributed by atoms with Crippen LogP contribution in [0.15, 0.2) is 22.7 Å². The minimum absolute atomic E-state index is 0.141. The number of hydrogen-bond acceptors (Lipinski definition) is 2. The first-order valence-corrected chi connectivity index (χ1v) is 5.02. The summed E-state index contributed by atoms with van der Waals surface area (Å²) < 4.78 is 5.81. The van der Waals surface area contributed by atoms with Crippen molar-refractivity contribution in [3.05, 3.63) is 33.3 Å². The Morgan fingerprint density at radius 3 is 2.92 bits per heavy atom. The van der Waals surface area contributed by atoms with Gasteiger partial charge in [0, 0.05) is 11.6 Å². The quantitative estimate of drug-likeness (QED) is 0.911. The van der Waals surface area contributed by atoms with Crippen LogP contribution in [0.4, 0.5) is 0 Å². The molecule has 0 unspecified atom stereocenters. The SMILES string of the molecule is COC[C@H](N)c1cccc(Cl)c1Br. The van der Waals surface area contributed by atoms with Gasteiger partial charge in [-0.25, -0.2) is 0 Å². The van der Waals surface area contributed by atoms with E-state index in [1.165, 1.54) is 0 Å². The maximum Gasteiger partial charge on any atom is 0.0655 e. The average molecular weight is 265 g/mol. The highest BCUT2D eigenvalue weighted by molar-refractivity contribution is 9.10. The molecule has 4 heteroatoms. The second-order valence-electron chi connectivity index (χ2n) is 2.70. The van der Waals surface area contributed by atoms with E-state index in [-0.39, 0.29) is 6.04 Å². The Bertz CT molecular complexity index is 293. The molecule has 0 aliphatic carbocycles. The van der Waals surface area contributed by atoms with Gasteiger partial charge in [0.15, 0.2) is 0 Å². The minimum atomic E-state index is -0.141. The number of rotatable bonds is 3. The number of methoxy groups -OCH3 is 1. The average Bonchev–Trinajstić information content (AvgIpc) is 2.10. The maximum absolute atomic E-state index is 5.91. The van der Waals surface area contributed by atoms with Crippen molar-refractivity contribution >= 4 is 27.5 Å². The van der Waals surface area contributed by atoms with Crippen molar-refractivity contribution in [2.75, 3.05) is 13.7 Å². The molecule has 13 heavy (non-hydrogen) atoms. The Morgan fingerprint density at radius 2 is 2.31 bits per heavy atom. The van der Waals surface area contributed by atoms with Gasteiger partial charge >= 0.3 is 0 Å². The van der Waals surface area contributed by atoms with E-state index in [1.807, 2.05) is 18.2 Å². The summed E-state index contributed by atoms with van der Waals surface area (Å²) in [6.07, 6.45) is 0. The zero-order valence-corrected chi connectivity index (χ0v) is 9.60. The Labute approximate surface area is 91.2 Å². The van der Waals surface area contributed by atoms with E-state index in [2.05, 4.69) is 15.9 Å². The molecule has 0 aromatic heterocycles. The van der Waals surface area contributed by atoms with Gasteiger partial charge in [0.05, 0.1) is 17.7 Å². The van der Waals surface area contributed by atoms with Crippen molar-refractivity contribution in [3.63, 3.8) is 0 Å². The normalized spacial score (nSPS) is 12.9. The highest BCUT2D eigenvalue weighted by Crippen LogP contribution is 2.29. The molecule has 2 N–H and O–H groups in total. The van der Waals surface area contributed by atoms with E-state index in [4.69, 9.17) is 22.1 Å². The third-order valence-corrected chi connectivity index (χ3v) is 3.16. The summed E-state index contributed by atoms with van der Waals surface area (Å²) in [6.45, 7) is 0.485. The predicted molar refractivity (Wildman–Crippen MR) is 58.0 cm³/mol. The van der Waals surface area contributed by atoms with Gasteiger partial charge in [0.25, 0.3) is 0 Å². The lowest BCUT2D eigenvalue weighted by Crippen LogP contribution is -2.16. The summed E-state index contributed by atoms with van der Waals surface area (Å²) in [5.74, 6) is 0. The van der Waals surface area contributed by atoms with Crippen LogP contribution in [-0.2, 0) is 4.74 Å². The van der Waals surface area contributed by atoms with Crippen LogP contribution in [0, 0.1) is 0 Å². The van der Waals surface area contributed by atoms with E-state index in [0.717, 1.165) is 10.0 Å². The van der Waals surface area contributed by atoms with E-state index >= 15 is 0 Å². The lowest BCUT2D eigenvalue weighted by Gasteiger charge is -2.13. The Balaban J connectivity index is 2.93. The molecule has 0 radical (unpaired) electrons. The van der Waals surface area contributed by atoms with Gasteiger partial charge < -0.3 is 10.5 Å². The highest BCUT2D eigenvalue weighted by atomic mass is 79.9. The van der Waals surface area contributed by atoms with Crippen molar-refractivity contribution in [1.82, 2.24) is 0 Å². The summed E-state index contributed by atoms with van der Waals surface area (Å²) >= 11 is 9.30. The van der Waals surface area contributed by atoms with Crippen LogP contribution in [0.5, 0.6) is 0 Å². The van der Waals surface area contributed by atoms with Crippen LogP contribution in [0.25, 0.3) is 0 Å². The summed E-state index contributed by atoms with van der Waals surface area (Å²) in [5, 5.41) is 0.670. The zero-order chi connectivity index (χ0) is 9.84. The van der Waals surface area contributed by atoms with Gasteiger partial charge in [-0.2, -0.15) is 0 Å². The number of benzene rings is 1. The van der Waals surface area contributed by atoms with Crippen LogP contribution in [-0.4, -0.2) is 13.7 Å². The molecular formula is C9H11BrClNO. The van der Waals surface area contributed by atoms with Crippen LogP contribution in [0.3, 0.4) is 0 Å². The topological polar surface area (TPSA) is 35.2 Å². The molecule has 0 amide bonds. The van der Waals surface area contributed by atoms with Gasteiger partial charge in [0.2, 0.25) is 0 Å². The minimum Gasteiger partial charge on any atom is -0.383 e. The van der Waals surface area contributed by atoms with Crippen molar-refractivity contribution in [2.24, 2.45) is 5.73 Å². The van der Waals surface area contributed by atoms with E-state index < -0.39 is 0 Å². The molecule has 0 spiro atoms. The van der Waals surface area contributed by atoms with E-state index in [9.17, 15) is 0 Å². The second-order valence-corrected chi connectivity index (χ2v) is 3.91. The molecule has 0 saturated heterocycles. The smallest absolute Gasteiger partial charge is 0.0655 e. The fourth-order valence-corrected chi connectivity index (χ4v) is 1.82. The first kappa shape index (κ1) is 11.0. The highest BCUT2D eigenvalue weighted by Gasteiger charge is 2.10. The lowest BCUT2D eigenvalue weighted by molar-refractivity contribution is 0.180. The van der Waals surface area contributed by atoms with Crippen LogP contribution in [0.2, 0.25) is 5.02 Å². The van der Waals surface area contributed by atoms with Crippen molar-refractivity contribution < 1.29 is 4.74 Å². The van der Waals surface area contributed by atoms with Crippen LogP contribution in [0.1, 0.15) is 11.6 Å². The second kappa shape index (κ2) is 4.96. The molecule has 2 nitrogen and oxygen atoms in total. The maximum atomic E-state index is 5.91. The summed E-state index contributed by atoms with van der Waals surface area (Å²) in [5.41, 5.74) is 6.83. The fraction of sp³-hybridized carbons (Fsp3) is 0.333. The number of halogens is 2. The molecule has 0 aliphatic heterocycles. The lowest BCUT2D eigenvalue weighted by atomic mass is 10.1. The van der Waals surface area contributed by atoms with Crippen molar-refractivity contribution in [1.29, 1.82) is 0 Å². The number of ether oxygens (including phenoxy) is 1. The molecule has 0 saturated carbocycles. The predicted octanol–water partition coefficient (Wildman–Crippen LogP) is 2.75. The van der Waals surface area contributed by atoms with Gasteiger partial charge in [0.1, 0.15) is 0 Å². The third-order valence-electron chi connectivity index (χ3n) is 1.73. The molecule has 0 heterocycles. The monoisotopic (exact) mass is 263 g/mol. The van der Waals surface area contributed by atoms with Crippen molar-refractivity contribution in [3.8, 4) is 0 Å².